The van der Waals surface area contributed by atoms with Crippen LogP contribution in [0.25, 0.3) is 0 Å². The third-order valence-corrected chi connectivity index (χ3v) is 3.61. The lowest BCUT2D eigenvalue weighted by molar-refractivity contribution is -0.0711. The number of amides is 1. The molecule has 1 saturated carbocycles. The second-order valence-electron chi connectivity index (χ2n) is 6.11. The molecule has 2 heterocycles. The smallest absolute Gasteiger partial charge is 0.410 e. The molecule has 2 aliphatic heterocycles. The summed E-state index contributed by atoms with van der Waals surface area (Å²) < 4.78 is 5.36. The van der Waals surface area contributed by atoms with Crippen molar-refractivity contribution in [1.82, 2.24) is 4.90 Å². The summed E-state index contributed by atoms with van der Waals surface area (Å²) >= 11 is 0. The van der Waals surface area contributed by atoms with E-state index in [-0.39, 0.29) is 24.1 Å². The Labute approximate surface area is 102 Å². The Morgan fingerprint density at radius 2 is 2.06 bits per heavy atom. The van der Waals surface area contributed by atoms with Crippen LogP contribution in [-0.4, -0.2) is 46.4 Å². The first kappa shape index (κ1) is 12.6. The Morgan fingerprint density at radius 1 is 1.41 bits per heavy atom. The quantitative estimate of drug-likeness (QED) is 0.656. The van der Waals surface area contributed by atoms with Crippen molar-refractivity contribution in [2.75, 3.05) is 6.54 Å². The van der Waals surface area contributed by atoms with Gasteiger partial charge in [-0.3, -0.25) is 0 Å². The summed E-state index contributed by atoms with van der Waals surface area (Å²) in [6, 6.07) is -0.417. The first-order chi connectivity index (χ1) is 7.79. The summed E-state index contributed by atoms with van der Waals surface area (Å²) in [4.78, 5) is 13.7. The molecule has 5 nitrogen and oxygen atoms in total. The molecule has 3 aliphatic rings. The number of fused-ring (bicyclic) bond motifs is 3. The van der Waals surface area contributed by atoms with E-state index >= 15 is 0 Å². The van der Waals surface area contributed by atoms with Crippen LogP contribution in [0.4, 0.5) is 4.79 Å². The highest BCUT2D eigenvalue weighted by Gasteiger charge is 2.47. The van der Waals surface area contributed by atoms with E-state index < -0.39 is 11.7 Å². The second kappa shape index (κ2) is 4.14. The molecule has 0 spiro atoms. The number of carbonyl (C=O) groups excluding carboxylic acids is 1. The van der Waals surface area contributed by atoms with E-state index in [4.69, 9.17) is 10.5 Å². The molecule has 1 amide bonds. The van der Waals surface area contributed by atoms with Crippen molar-refractivity contribution in [2.45, 2.75) is 57.4 Å². The van der Waals surface area contributed by atoms with Gasteiger partial charge in [0.1, 0.15) is 5.60 Å². The zero-order valence-electron chi connectivity index (χ0n) is 10.7. The predicted molar refractivity (Wildman–Crippen MR) is 63.4 cm³/mol. The number of hydrogen-bond acceptors (Lipinski definition) is 4. The van der Waals surface area contributed by atoms with E-state index in [2.05, 4.69) is 0 Å². The number of nitrogens with two attached hydrogens (primary N) is 1. The number of nitrogens with zero attached hydrogens (tertiary/aromatic N) is 1. The van der Waals surface area contributed by atoms with Gasteiger partial charge in [-0.25, -0.2) is 4.79 Å². The van der Waals surface area contributed by atoms with E-state index in [0.717, 1.165) is 12.8 Å². The second-order valence-corrected chi connectivity index (χ2v) is 6.11. The minimum Gasteiger partial charge on any atom is -0.444 e. The molecule has 3 N–H and O–H groups in total. The van der Waals surface area contributed by atoms with Gasteiger partial charge in [0.2, 0.25) is 0 Å². The van der Waals surface area contributed by atoms with Crippen LogP contribution in [0.3, 0.4) is 0 Å². The van der Waals surface area contributed by atoms with Gasteiger partial charge >= 0.3 is 6.09 Å². The fraction of sp³-hybridized carbons (Fsp3) is 0.917. The van der Waals surface area contributed by atoms with Crippen LogP contribution in [0.15, 0.2) is 0 Å². The number of hydrogen-bond donors (Lipinski definition) is 2. The van der Waals surface area contributed by atoms with Crippen LogP contribution in [0, 0.1) is 5.92 Å². The average Bonchev–Trinajstić information content (AvgIpc) is 2.22. The molecular weight excluding hydrogens is 220 g/mol. The van der Waals surface area contributed by atoms with Gasteiger partial charge in [0, 0.05) is 12.5 Å². The van der Waals surface area contributed by atoms with Gasteiger partial charge in [0.15, 0.2) is 0 Å². The van der Waals surface area contributed by atoms with Crippen molar-refractivity contribution in [3.8, 4) is 0 Å². The zero-order valence-corrected chi connectivity index (χ0v) is 10.7. The first-order valence-corrected chi connectivity index (χ1v) is 6.23. The van der Waals surface area contributed by atoms with Gasteiger partial charge < -0.3 is 20.5 Å². The maximum Gasteiger partial charge on any atom is 0.410 e. The third-order valence-electron chi connectivity index (χ3n) is 3.61. The Bertz CT molecular complexity index is 311. The summed E-state index contributed by atoms with van der Waals surface area (Å²) in [6.45, 7) is 6.11. The first-order valence-electron chi connectivity index (χ1n) is 6.23. The molecule has 17 heavy (non-hydrogen) atoms. The molecule has 0 aromatic rings. The zero-order chi connectivity index (χ0) is 12.8. The summed E-state index contributed by atoms with van der Waals surface area (Å²) in [5, 5.41) is 9.90. The summed E-state index contributed by atoms with van der Waals surface area (Å²) in [5.41, 5.74) is 5.47. The Hall–Kier alpha value is -0.810. The topological polar surface area (TPSA) is 75.8 Å². The van der Waals surface area contributed by atoms with Crippen LogP contribution in [-0.2, 0) is 4.74 Å². The molecule has 4 atom stereocenters. The van der Waals surface area contributed by atoms with E-state index in [1.54, 1.807) is 4.90 Å². The summed E-state index contributed by atoms with van der Waals surface area (Å²) in [5.74, 6) is 0.0996. The molecule has 0 aromatic heterocycles. The van der Waals surface area contributed by atoms with Crippen LogP contribution in [0.5, 0.6) is 0 Å². The van der Waals surface area contributed by atoms with Gasteiger partial charge in [-0.2, -0.15) is 0 Å². The maximum absolute atomic E-state index is 12.0. The van der Waals surface area contributed by atoms with Gasteiger partial charge in [0.25, 0.3) is 0 Å². The number of carbonyl (C=O) groups is 1. The lowest BCUT2D eigenvalue weighted by Gasteiger charge is -2.51. The lowest BCUT2D eigenvalue weighted by Crippen LogP contribution is -2.67. The molecule has 5 heteroatoms. The molecule has 0 aromatic carbocycles. The maximum atomic E-state index is 12.0. The highest BCUT2D eigenvalue weighted by atomic mass is 16.6. The summed E-state index contributed by atoms with van der Waals surface area (Å²) in [6.07, 6.45) is 1.02. The van der Waals surface area contributed by atoms with Crippen LogP contribution in [0.2, 0.25) is 0 Å². The monoisotopic (exact) mass is 242 g/mol. The number of ether oxygens (including phenoxy) is 1. The fourth-order valence-electron chi connectivity index (χ4n) is 2.77. The van der Waals surface area contributed by atoms with Gasteiger partial charge in [0.05, 0.1) is 18.2 Å². The van der Waals surface area contributed by atoms with Crippen molar-refractivity contribution in [3.05, 3.63) is 0 Å². The van der Waals surface area contributed by atoms with Crippen molar-refractivity contribution in [3.63, 3.8) is 0 Å². The molecule has 0 radical (unpaired) electrons. The molecule has 2 bridgehead atoms. The molecule has 3 fully saturated rings. The van der Waals surface area contributed by atoms with Crippen LogP contribution in [0.1, 0.15) is 33.6 Å². The Balaban J connectivity index is 2.06. The highest BCUT2D eigenvalue weighted by Crippen LogP contribution is 2.35. The standard InChI is InChI=1S/C12H22N2O3/c1-12(2,3)17-11(16)14-6-7-4-5-8(14)9(13)10(7)15/h7-10,15H,4-6,13H2,1-3H3/t7-,8+,9-,10+/m1/s1. The van der Waals surface area contributed by atoms with Crippen molar-refractivity contribution < 1.29 is 14.6 Å². The van der Waals surface area contributed by atoms with Gasteiger partial charge in [-0.05, 0) is 33.6 Å². The Morgan fingerprint density at radius 3 is 2.59 bits per heavy atom. The molecule has 98 valence electrons. The van der Waals surface area contributed by atoms with E-state index in [1.807, 2.05) is 20.8 Å². The molecule has 3 rings (SSSR count). The lowest BCUT2D eigenvalue weighted by atomic mass is 9.75. The van der Waals surface area contributed by atoms with Crippen LogP contribution < -0.4 is 5.73 Å². The molecule has 1 aliphatic carbocycles. The SMILES string of the molecule is CC(C)(C)OC(=O)N1C[C@H]2CC[C@H]1[C@@H](N)[C@H]2O. The van der Waals surface area contributed by atoms with E-state index in [9.17, 15) is 9.90 Å². The Kier molecular flexibility index (Phi) is 3.08. The fourth-order valence-corrected chi connectivity index (χ4v) is 2.77. The van der Waals surface area contributed by atoms with Crippen LogP contribution >= 0.6 is 0 Å². The minimum atomic E-state index is -0.490. The largest absolute Gasteiger partial charge is 0.444 e. The third kappa shape index (κ3) is 2.40. The number of piperidine rings is 2. The predicted octanol–water partition coefficient (Wildman–Crippen LogP) is 0.704. The normalized spacial score (nSPS) is 37.1. The number of aliphatic hydroxyl groups is 1. The number of rotatable bonds is 0. The van der Waals surface area contributed by atoms with Crippen molar-refractivity contribution >= 4 is 6.09 Å². The number of aliphatic hydroxyl groups excluding tert-OH is 1. The van der Waals surface area contributed by atoms with Gasteiger partial charge in [-0.1, -0.05) is 0 Å². The van der Waals surface area contributed by atoms with E-state index in [0.29, 0.717) is 6.54 Å². The molecular formula is C12H22N2O3. The van der Waals surface area contributed by atoms with Crippen molar-refractivity contribution in [1.29, 1.82) is 0 Å². The van der Waals surface area contributed by atoms with E-state index in [1.165, 1.54) is 0 Å². The highest BCUT2D eigenvalue weighted by molar-refractivity contribution is 5.69. The van der Waals surface area contributed by atoms with Crippen molar-refractivity contribution in [2.24, 2.45) is 11.7 Å². The molecule has 2 saturated heterocycles. The summed E-state index contributed by atoms with van der Waals surface area (Å²) in [7, 11) is 0. The minimum absolute atomic E-state index is 0.0788. The molecule has 0 unspecified atom stereocenters. The average molecular weight is 242 g/mol. The van der Waals surface area contributed by atoms with Gasteiger partial charge in [-0.15, -0.1) is 0 Å².